The molecule has 32 heavy (non-hydrogen) atoms. The summed E-state index contributed by atoms with van der Waals surface area (Å²) in [4.78, 5) is 6.66. The van der Waals surface area contributed by atoms with Crippen LogP contribution in [0, 0.1) is 0 Å². The predicted molar refractivity (Wildman–Crippen MR) is 125 cm³/mol. The van der Waals surface area contributed by atoms with Crippen LogP contribution in [0.25, 0.3) is 11.3 Å². The number of furan rings is 2. The molecule has 0 spiro atoms. The molecular weight excluding hydrogens is 422 g/mol. The Kier molecular flexibility index (Phi) is 5.64. The third-order valence-corrected chi connectivity index (χ3v) is 5.82. The van der Waals surface area contributed by atoms with Crippen LogP contribution in [0.5, 0.6) is 5.75 Å². The Morgan fingerprint density at radius 1 is 1.06 bits per heavy atom. The van der Waals surface area contributed by atoms with Gasteiger partial charge in [-0.05, 0) is 79.8 Å². The van der Waals surface area contributed by atoms with Crippen molar-refractivity contribution in [3.05, 3.63) is 96.4 Å². The summed E-state index contributed by atoms with van der Waals surface area (Å²) in [7, 11) is 0. The highest BCUT2D eigenvalue weighted by Crippen LogP contribution is 2.41. The van der Waals surface area contributed by atoms with E-state index in [2.05, 4.69) is 15.2 Å². The van der Waals surface area contributed by atoms with Gasteiger partial charge in [-0.25, -0.2) is 0 Å². The van der Waals surface area contributed by atoms with Crippen molar-refractivity contribution in [1.82, 2.24) is 15.2 Å². The lowest BCUT2D eigenvalue weighted by Gasteiger charge is -2.25. The third kappa shape index (κ3) is 3.99. The van der Waals surface area contributed by atoms with E-state index in [-0.39, 0.29) is 12.1 Å². The first-order valence-electron chi connectivity index (χ1n) is 10.6. The monoisotopic (exact) mass is 445 g/mol. The van der Waals surface area contributed by atoms with E-state index in [9.17, 15) is 0 Å². The summed E-state index contributed by atoms with van der Waals surface area (Å²) in [5, 5.41) is 4.07. The second-order valence-corrected chi connectivity index (χ2v) is 7.88. The molecule has 0 aliphatic carbocycles. The quantitative estimate of drug-likeness (QED) is 0.377. The number of hydrogen-bond donors (Lipinski definition) is 1. The first-order valence-corrected chi connectivity index (χ1v) is 11.0. The van der Waals surface area contributed by atoms with E-state index in [1.54, 1.807) is 12.5 Å². The highest BCUT2D eigenvalue weighted by Gasteiger charge is 2.42. The first-order chi connectivity index (χ1) is 15.7. The minimum Gasteiger partial charge on any atom is -0.494 e. The van der Waals surface area contributed by atoms with Crippen LogP contribution in [-0.4, -0.2) is 21.6 Å². The van der Waals surface area contributed by atoms with Gasteiger partial charge in [0.15, 0.2) is 5.11 Å². The van der Waals surface area contributed by atoms with Crippen LogP contribution in [-0.2, 0) is 6.54 Å². The van der Waals surface area contributed by atoms with Gasteiger partial charge in [-0.2, -0.15) is 0 Å². The maximum atomic E-state index is 6.36. The van der Waals surface area contributed by atoms with E-state index < -0.39 is 0 Å². The van der Waals surface area contributed by atoms with Crippen molar-refractivity contribution < 1.29 is 13.6 Å². The Hall–Kier alpha value is -3.58. The molecule has 1 aliphatic rings. The summed E-state index contributed by atoms with van der Waals surface area (Å²) in [6, 6.07) is 21.3. The minimum atomic E-state index is -0.168. The second-order valence-electron chi connectivity index (χ2n) is 7.49. The molecule has 5 rings (SSSR count). The van der Waals surface area contributed by atoms with Gasteiger partial charge in [-0.15, -0.1) is 0 Å². The van der Waals surface area contributed by atoms with Crippen LogP contribution < -0.4 is 10.1 Å². The van der Waals surface area contributed by atoms with Crippen LogP contribution >= 0.6 is 12.2 Å². The number of aromatic nitrogens is 1. The molecule has 1 fully saturated rings. The smallest absolute Gasteiger partial charge is 0.170 e. The van der Waals surface area contributed by atoms with Gasteiger partial charge in [0.2, 0.25) is 0 Å². The summed E-state index contributed by atoms with van der Waals surface area (Å²) in [5.74, 6) is 3.27. The Morgan fingerprint density at radius 3 is 2.66 bits per heavy atom. The van der Waals surface area contributed by atoms with Gasteiger partial charge in [0.05, 0.1) is 31.2 Å². The highest BCUT2D eigenvalue weighted by atomic mass is 32.1. The number of benzene rings is 1. The summed E-state index contributed by atoms with van der Waals surface area (Å²) < 4.78 is 17.5. The zero-order valence-electron chi connectivity index (χ0n) is 17.6. The number of thiocarbonyl (C=S) groups is 1. The van der Waals surface area contributed by atoms with Crippen molar-refractivity contribution in [3.8, 4) is 17.1 Å². The normalized spacial score (nSPS) is 18.0. The molecule has 4 aromatic rings. The molecule has 0 radical (unpaired) electrons. The van der Waals surface area contributed by atoms with Crippen molar-refractivity contribution >= 4 is 17.3 Å². The lowest BCUT2D eigenvalue weighted by molar-refractivity contribution is 0.253. The Bertz CT molecular complexity index is 1170. The first kappa shape index (κ1) is 20.3. The van der Waals surface area contributed by atoms with Gasteiger partial charge in [0.25, 0.3) is 0 Å². The highest BCUT2D eigenvalue weighted by molar-refractivity contribution is 7.80. The molecular formula is C25H23N3O3S. The molecule has 3 aromatic heterocycles. The van der Waals surface area contributed by atoms with Crippen molar-refractivity contribution in [2.75, 3.05) is 6.61 Å². The molecule has 0 amide bonds. The topological polar surface area (TPSA) is 63.7 Å². The van der Waals surface area contributed by atoms with Gasteiger partial charge in [0.1, 0.15) is 29.1 Å². The molecule has 1 aliphatic heterocycles. The zero-order valence-corrected chi connectivity index (χ0v) is 18.4. The molecule has 4 heterocycles. The van der Waals surface area contributed by atoms with Crippen LogP contribution in [0.4, 0.5) is 0 Å². The lowest BCUT2D eigenvalue weighted by atomic mass is 10.0. The van der Waals surface area contributed by atoms with Gasteiger partial charge in [0, 0.05) is 11.8 Å². The molecule has 162 valence electrons. The largest absolute Gasteiger partial charge is 0.494 e. The fourth-order valence-corrected chi connectivity index (χ4v) is 4.31. The fourth-order valence-electron chi connectivity index (χ4n) is 4.00. The van der Waals surface area contributed by atoms with Gasteiger partial charge < -0.3 is 23.8 Å². The van der Waals surface area contributed by atoms with E-state index in [0.29, 0.717) is 18.3 Å². The molecule has 7 heteroatoms. The Morgan fingerprint density at radius 2 is 1.94 bits per heavy atom. The number of hydrogen-bond acceptors (Lipinski definition) is 5. The molecule has 6 nitrogen and oxygen atoms in total. The minimum absolute atomic E-state index is 0.141. The van der Waals surface area contributed by atoms with Crippen molar-refractivity contribution in [1.29, 1.82) is 0 Å². The third-order valence-electron chi connectivity index (χ3n) is 5.47. The van der Waals surface area contributed by atoms with Crippen LogP contribution in [0.2, 0.25) is 0 Å². The maximum Gasteiger partial charge on any atom is 0.170 e. The maximum absolute atomic E-state index is 6.36. The predicted octanol–water partition coefficient (Wildman–Crippen LogP) is 5.51. The van der Waals surface area contributed by atoms with Crippen LogP contribution in [0.15, 0.2) is 88.0 Å². The summed E-state index contributed by atoms with van der Waals surface area (Å²) >= 11 is 5.70. The van der Waals surface area contributed by atoms with E-state index in [4.69, 9.17) is 25.8 Å². The van der Waals surface area contributed by atoms with E-state index in [1.807, 2.05) is 73.7 Å². The summed E-state index contributed by atoms with van der Waals surface area (Å²) in [5.41, 5.74) is 1.89. The average molecular weight is 446 g/mol. The number of nitrogens with zero attached hydrogens (tertiary/aromatic N) is 2. The zero-order chi connectivity index (χ0) is 21.9. The van der Waals surface area contributed by atoms with E-state index in [1.165, 1.54) is 0 Å². The van der Waals surface area contributed by atoms with E-state index >= 15 is 0 Å². The van der Waals surface area contributed by atoms with Gasteiger partial charge in [-0.3, -0.25) is 4.98 Å². The van der Waals surface area contributed by atoms with Crippen molar-refractivity contribution in [3.63, 3.8) is 0 Å². The SMILES string of the molecule is CCOc1ccc(-c2ccc([C@@H]3[C@@H](c4ccccn4)NC(=S)N3Cc3ccco3)o2)cc1. The molecule has 0 bridgehead atoms. The standard InChI is InChI=1S/C25H23N3O3S/c1-2-29-18-10-8-17(9-11-18)21-12-13-22(31-21)24-23(20-7-3-4-14-26-20)27-25(32)28(24)16-19-6-5-15-30-19/h3-15,23-24H,2,16H2,1H3,(H,27,32)/t23-,24-/m1/s1. The molecule has 2 atom stereocenters. The van der Waals surface area contributed by atoms with E-state index in [0.717, 1.165) is 34.3 Å². The van der Waals surface area contributed by atoms with Gasteiger partial charge in [-0.1, -0.05) is 6.07 Å². The molecule has 0 unspecified atom stereocenters. The molecule has 1 N–H and O–H groups in total. The molecule has 1 aromatic carbocycles. The van der Waals surface area contributed by atoms with Crippen molar-refractivity contribution in [2.24, 2.45) is 0 Å². The lowest BCUT2D eigenvalue weighted by Crippen LogP contribution is -2.28. The summed E-state index contributed by atoms with van der Waals surface area (Å²) in [6.45, 7) is 3.14. The Balaban J connectivity index is 1.49. The Labute approximate surface area is 191 Å². The van der Waals surface area contributed by atoms with Crippen LogP contribution in [0.1, 0.15) is 36.2 Å². The summed E-state index contributed by atoms with van der Waals surface area (Å²) in [6.07, 6.45) is 3.46. The molecule has 1 saturated heterocycles. The average Bonchev–Trinajstić information content (AvgIpc) is 3.57. The van der Waals surface area contributed by atoms with Crippen LogP contribution in [0.3, 0.4) is 0 Å². The van der Waals surface area contributed by atoms with Gasteiger partial charge >= 0.3 is 0 Å². The molecule has 0 saturated carbocycles. The number of pyridine rings is 1. The fraction of sp³-hybridized carbons (Fsp3) is 0.200. The number of nitrogens with one attached hydrogen (secondary N) is 1. The number of ether oxygens (including phenoxy) is 1. The second kappa shape index (κ2) is 8.88. The van der Waals surface area contributed by atoms with Crippen molar-refractivity contribution in [2.45, 2.75) is 25.6 Å². The number of rotatable bonds is 7.